The second-order valence-electron chi connectivity index (χ2n) is 6.74. The first-order chi connectivity index (χ1) is 13.4. The van der Waals surface area contributed by atoms with E-state index in [0.29, 0.717) is 34.7 Å². The molecule has 28 heavy (non-hydrogen) atoms. The summed E-state index contributed by atoms with van der Waals surface area (Å²) in [6.07, 6.45) is 3.40. The predicted molar refractivity (Wildman–Crippen MR) is 105 cm³/mol. The number of hydrogen-bond donors (Lipinski definition) is 0. The lowest BCUT2D eigenvalue weighted by Gasteiger charge is -2.29. The Hall–Kier alpha value is -2.12. The molecule has 0 spiro atoms. The van der Waals surface area contributed by atoms with E-state index in [4.69, 9.17) is 37.4 Å². The zero-order chi connectivity index (χ0) is 19.7. The Balaban J connectivity index is 1.63. The summed E-state index contributed by atoms with van der Waals surface area (Å²) < 4.78 is 21.9. The van der Waals surface area contributed by atoms with Crippen LogP contribution < -0.4 is 9.42 Å². The zero-order valence-corrected chi connectivity index (χ0v) is 17.0. The highest BCUT2D eigenvalue weighted by atomic mass is 35.5. The molecule has 1 fully saturated rings. The van der Waals surface area contributed by atoms with Crippen LogP contribution in [-0.4, -0.2) is 22.4 Å². The van der Waals surface area contributed by atoms with E-state index >= 15 is 0 Å². The van der Waals surface area contributed by atoms with E-state index in [2.05, 4.69) is 4.98 Å². The van der Waals surface area contributed by atoms with Crippen LogP contribution in [0.2, 0.25) is 10.0 Å². The van der Waals surface area contributed by atoms with Gasteiger partial charge >= 0.3 is 6.33 Å². The van der Waals surface area contributed by atoms with Crippen molar-refractivity contribution in [1.29, 1.82) is 0 Å². The lowest BCUT2D eigenvalue weighted by molar-refractivity contribution is -0.756. The Labute approximate surface area is 173 Å². The molecule has 8 heteroatoms. The summed E-state index contributed by atoms with van der Waals surface area (Å²) in [6, 6.07) is 12.6. The summed E-state index contributed by atoms with van der Waals surface area (Å²) in [7, 11) is 1.91. The minimum absolute atomic E-state index is 0.0464. The van der Waals surface area contributed by atoms with Crippen molar-refractivity contribution in [3.8, 4) is 11.5 Å². The summed E-state index contributed by atoms with van der Waals surface area (Å²) >= 11 is 12.5. The van der Waals surface area contributed by atoms with Crippen molar-refractivity contribution in [2.45, 2.75) is 25.4 Å². The first-order valence-corrected chi connectivity index (χ1v) is 9.62. The van der Waals surface area contributed by atoms with Crippen LogP contribution in [0.4, 0.5) is 0 Å². The summed E-state index contributed by atoms with van der Waals surface area (Å²) in [5.74, 6) is 0.300. The second kappa shape index (κ2) is 7.72. The molecule has 0 radical (unpaired) electrons. The molecular formula is C20H20Cl2N3O3+. The van der Waals surface area contributed by atoms with Crippen LogP contribution in [0.25, 0.3) is 0 Å². The number of aromatic nitrogens is 3. The summed E-state index contributed by atoms with van der Waals surface area (Å²) in [4.78, 5) is 4.15. The van der Waals surface area contributed by atoms with Crippen LogP contribution in [-0.2, 0) is 28.9 Å². The molecule has 2 unspecified atom stereocenters. The van der Waals surface area contributed by atoms with E-state index in [-0.39, 0.29) is 6.10 Å². The number of halogens is 2. The van der Waals surface area contributed by atoms with E-state index in [1.165, 1.54) is 0 Å². The summed E-state index contributed by atoms with van der Waals surface area (Å²) in [5, 5.41) is 1.16. The number of aryl methyl sites for hydroxylation is 1. The Kier molecular flexibility index (Phi) is 5.29. The van der Waals surface area contributed by atoms with Crippen molar-refractivity contribution in [2.24, 2.45) is 7.05 Å². The molecule has 4 rings (SSSR count). The summed E-state index contributed by atoms with van der Waals surface area (Å²) in [6.45, 7) is 2.88. The normalized spacial score (nSPS) is 21.8. The fourth-order valence-corrected chi connectivity index (χ4v) is 3.62. The van der Waals surface area contributed by atoms with E-state index in [0.717, 1.165) is 5.56 Å². The highest BCUT2D eigenvalue weighted by Crippen LogP contribution is 2.41. The third-order valence-electron chi connectivity index (χ3n) is 4.55. The van der Waals surface area contributed by atoms with E-state index in [1.807, 2.05) is 35.5 Å². The Morgan fingerprint density at radius 2 is 1.96 bits per heavy atom. The lowest BCUT2D eigenvalue weighted by atomic mass is 10.1. The molecule has 0 bridgehead atoms. The molecule has 2 aromatic carbocycles. The monoisotopic (exact) mass is 420 g/mol. The minimum atomic E-state index is -0.992. The van der Waals surface area contributed by atoms with Gasteiger partial charge in [-0.25, -0.2) is 0 Å². The third-order valence-corrected chi connectivity index (χ3v) is 5.12. The van der Waals surface area contributed by atoms with Crippen molar-refractivity contribution in [2.75, 3.05) is 6.61 Å². The van der Waals surface area contributed by atoms with E-state index in [9.17, 15) is 0 Å². The molecule has 146 valence electrons. The van der Waals surface area contributed by atoms with Gasteiger partial charge in [-0.2, -0.15) is 9.36 Å². The SMILES string of the molecule is CC1COC(Cn2cnc[n+]2C)(c2ccc(Oc3ccc(Cl)cc3)cc2Cl)O1. The molecule has 0 saturated carbocycles. The van der Waals surface area contributed by atoms with Crippen LogP contribution in [0, 0.1) is 0 Å². The van der Waals surface area contributed by atoms with Crippen molar-refractivity contribution < 1.29 is 18.9 Å². The molecule has 6 nitrogen and oxygen atoms in total. The molecule has 1 aliphatic rings. The first kappa shape index (κ1) is 19.2. The van der Waals surface area contributed by atoms with E-state index in [1.54, 1.807) is 43.0 Å². The standard InChI is InChI=1S/C20H20Cl2N3O3/c1-14-10-26-20(28-14,11-25-13-23-12-24(25)2)18-8-7-17(9-19(18)22)27-16-5-3-15(21)4-6-16/h3-9,12-14H,10-11H2,1-2H3/q+1. The van der Waals surface area contributed by atoms with Gasteiger partial charge in [0.2, 0.25) is 12.1 Å². The van der Waals surface area contributed by atoms with E-state index < -0.39 is 5.79 Å². The molecule has 2 heterocycles. The number of rotatable bonds is 5. The maximum Gasteiger partial charge on any atom is 0.306 e. The number of hydrogen-bond acceptors (Lipinski definition) is 4. The maximum atomic E-state index is 6.63. The molecule has 2 atom stereocenters. The number of nitrogens with zero attached hydrogens (tertiary/aromatic N) is 3. The fraction of sp³-hybridized carbons (Fsp3) is 0.300. The molecule has 1 aromatic heterocycles. The van der Waals surface area contributed by atoms with Gasteiger partial charge in [0.15, 0.2) is 0 Å². The fourth-order valence-electron chi connectivity index (χ4n) is 3.18. The highest BCUT2D eigenvalue weighted by molar-refractivity contribution is 6.31. The molecule has 1 saturated heterocycles. The lowest BCUT2D eigenvalue weighted by Crippen LogP contribution is -2.44. The van der Waals surface area contributed by atoms with Crippen LogP contribution in [0.5, 0.6) is 11.5 Å². The molecular weight excluding hydrogens is 401 g/mol. The smallest absolute Gasteiger partial charge is 0.306 e. The van der Waals surface area contributed by atoms with Gasteiger partial charge in [-0.3, -0.25) is 0 Å². The molecule has 1 aliphatic heterocycles. The average Bonchev–Trinajstić information content (AvgIpc) is 3.23. The van der Waals surface area contributed by atoms with Gasteiger partial charge in [0.25, 0.3) is 0 Å². The zero-order valence-electron chi connectivity index (χ0n) is 15.5. The minimum Gasteiger partial charge on any atom is -0.457 e. The van der Waals surface area contributed by atoms with Crippen molar-refractivity contribution in [1.82, 2.24) is 9.67 Å². The van der Waals surface area contributed by atoms with Gasteiger partial charge in [0, 0.05) is 10.6 Å². The largest absolute Gasteiger partial charge is 0.457 e. The average molecular weight is 421 g/mol. The van der Waals surface area contributed by atoms with Gasteiger partial charge in [0.05, 0.1) is 17.7 Å². The Bertz CT molecular complexity index is 977. The molecule has 0 N–H and O–H groups in total. The number of benzene rings is 2. The molecule has 0 aliphatic carbocycles. The van der Waals surface area contributed by atoms with Crippen LogP contribution in [0.1, 0.15) is 12.5 Å². The van der Waals surface area contributed by atoms with Gasteiger partial charge in [-0.05, 0) is 54.4 Å². The molecule has 3 aromatic rings. The maximum absolute atomic E-state index is 6.63. The third kappa shape index (κ3) is 3.86. The second-order valence-corrected chi connectivity index (χ2v) is 7.58. The first-order valence-electron chi connectivity index (χ1n) is 8.86. The van der Waals surface area contributed by atoms with Crippen molar-refractivity contribution in [3.63, 3.8) is 0 Å². The predicted octanol–water partition coefficient (Wildman–Crippen LogP) is 4.10. The van der Waals surface area contributed by atoms with Crippen LogP contribution in [0.3, 0.4) is 0 Å². The Morgan fingerprint density at radius 3 is 2.57 bits per heavy atom. The highest BCUT2D eigenvalue weighted by Gasteiger charge is 2.45. The van der Waals surface area contributed by atoms with Crippen LogP contribution >= 0.6 is 23.2 Å². The van der Waals surface area contributed by atoms with Crippen molar-refractivity contribution >= 4 is 23.2 Å². The quantitative estimate of drug-likeness (QED) is 0.583. The topological polar surface area (TPSA) is 49.4 Å². The van der Waals surface area contributed by atoms with Gasteiger partial charge in [-0.1, -0.05) is 23.2 Å². The van der Waals surface area contributed by atoms with Crippen LogP contribution in [0.15, 0.2) is 55.1 Å². The van der Waals surface area contributed by atoms with Gasteiger partial charge in [-0.15, -0.1) is 0 Å². The van der Waals surface area contributed by atoms with Gasteiger partial charge in [0.1, 0.15) is 25.1 Å². The van der Waals surface area contributed by atoms with Gasteiger partial charge < -0.3 is 14.2 Å². The summed E-state index contributed by atoms with van der Waals surface area (Å²) in [5.41, 5.74) is 0.746. The van der Waals surface area contributed by atoms with Crippen molar-refractivity contribution in [3.05, 3.63) is 70.7 Å². The number of ether oxygens (including phenoxy) is 3. The molecule has 0 amide bonds. The Morgan fingerprint density at radius 1 is 1.21 bits per heavy atom.